The molecule has 0 unspecified atom stereocenters. The van der Waals surface area contributed by atoms with E-state index in [2.05, 4.69) is 16.0 Å². The predicted octanol–water partition coefficient (Wildman–Crippen LogP) is 2.45. The molecule has 2 aromatic rings. The van der Waals surface area contributed by atoms with E-state index in [1.54, 1.807) is 16.1 Å². The number of sulfonamides is 1. The lowest BCUT2D eigenvalue weighted by Gasteiger charge is -2.45. The number of amides is 1. The number of H-pyrrole nitrogens is 1. The molecular weight excluding hydrogens is 412 g/mol. The highest BCUT2D eigenvalue weighted by molar-refractivity contribution is 7.89. The summed E-state index contributed by atoms with van der Waals surface area (Å²) in [7, 11) is -3.28. The first-order valence-electron chi connectivity index (χ1n) is 11.5. The number of piperidine rings is 1. The number of para-hydroxylation sites is 1. The van der Waals surface area contributed by atoms with Gasteiger partial charge in [-0.2, -0.15) is 4.31 Å². The van der Waals surface area contributed by atoms with Gasteiger partial charge in [-0.25, -0.2) is 8.42 Å². The highest BCUT2D eigenvalue weighted by Crippen LogP contribution is 2.23. The highest BCUT2D eigenvalue weighted by Gasteiger charge is 2.39. The highest BCUT2D eigenvalue weighted by atomic mass is 32.2. The number of carbonyl (C=O) groups is 1. The van der Waals surface area contributed by atoms with Gasteiger partial charge in [0.25, 0.3) is 0 Å². The van der Waals surface area contributed by atoms with Crippen molar-refractivity contribution in [1.82, 2.24) is 19.1 Å². The fraction of sp³-hybridized carbons (Fsp3) is 0.609. The summed E-state index contributed by atoms with van der Waals surface area (Å²) in [5.74, 6) is 0.212. The zero-order valence-corrected chi connectivity index (χ0v) is 19.2. The molecule has 0 atom stereocenters. The number of aryl methyl sites for hydroxylation is 1. The normalized spacial score (nSPS) is 18.6. The third-order valence-electron chi connectivity index (χ3n) is 6.71. The van der Waals surface area contributed by atoms with Gasteiger partial charge in [-0.3, -0.25) is 4.79 Å². The van der Waals surface area contributed by atoms with Crippen molar-refractivity contribution < 1.29 is 13.2 Å². The molecule has 1 aromatic carbocycles. The van der Waals surface area contributed by atoms with Crippen LogP contribution in [0, 0.1) is 0 Å². The van der Waals surface area contributed by atoms with Gasteiger partial charge in [0.1, 0.15) is 0 Å². The molecule has 2 fully saturated rings. The van der Waals surface area contributed by atoms with E-state index in [1.165, 1.54) is 19.3 Å². The van der Waals surface area contributed by atoms with Crippen LogP contribution in [-0.2, 0) is 21.2 Å². The molecule has 8 heteroatoms. The SMILES string of the molecule is CCS(=O)(=O)N(CCN1CCCCC1)C1CN(C(=O)CCc2c[nH]c3ccccc23)C1. The van der Waals surface area contributed by atoms with Gasteiger partial charge in [-0.15, -0.1) is 0 Å². The molecule has 0 spiro atoms. The van der Waals surface area contributed by atoms with Gasteiger partial charge in [0, 0.05) is 49.7 Å². The van der Waals surface area contributed by atoms with E-state index in [-0.39, 0.29) is 17.7 Å². The molecule has 0 radical (unpaired) electrons. The number of aromatic nitrogens is 1. The monoisotopic (exact) mass is 446 g/mol. The second kappa shape index (κ2) is 9.71. The Balaban J connectivity index is 1.29. The van der Waals surface area contributed by atoms with Crippen LogP contribution < -0.4 is 0 Å². The number of nitrogens with zero attached hydrogens (tertiary/aromatic N) is 3. The maximum absolute atomic E-state index is 12.7. The van der Waals surface area contributed by atoms with Crippen molar-refractivity contribution in [3.8, 4) is 0 Å². The number of carbonyl (C=O) groups excluding carboxylic acids is 1. The van der Waals surface area contributed by atoms with Gasteiger partial charge in [0.2, 0.25) is 15.9 Å². The van der Waals surface area contributed by atoms with Crippen LogP contribution in [0.4, 0.5) is 0 Å². The zero-order chi connectivity index (χ0) is 21.8. The Morgan fingerprint density at radius 1 is 1.16 bits per heavy atom. The maximum Gasteiger partial charge on any atom is 0.223 e. The smallest absolute Gasteiger partial charge is 0.223 e. The lowest BCUT2D eigenvalue weighted by Crippen LogP contribution is -2.63. The average Bonchev–Trinajstić information content (AvgIpc) is 3.17. The van der Waals surface area contributed by atoms with Gasteiger partial charge in [0.05, 0.1) is 11.8 Å². The van der Waals surface area contributed by atoms with Crippen molar-refractivity contribution in [1.29, 1.82) is 0 Å². The number of likely N-dealkylation sites (tertiary alicyclic amines) is 2. The first-order valence-corrected chi connectivity index (χ1v) is 13.1. The molecule has 0 saturated carbocycles. The summed E-state index contributed by atoms with van der Waals surface area (Å²) in [5, 5.41) is 1.16. The first kappa shape index (κ1) is 22.3. The summed E-state index contributed by atoms with van der Waals surface area (Å²) in [6.45, 7) is 6.14. The molecule has 1 aromatic heterocycles. The molecule has 31 heavy (non-hydrogen) atoms. The van der Waals surface area contributed by atoms with Crippen LogP contribution >= 0.6 is 0 Å². The second-order valence-electron chi connectivity index (χ2n) is 8.73. The summed E-state index contributed by atoms with van der Waals surface area (Å²) in [5.41, 5.74) is 2.24. The van der Waals surface area contributed by atoms with Crippen LogP contribution in [-0.4, -0.2) is 84.5 Å². The van der Waals surface area contributed by atoms with E-state index in [4.69, 9.17) is 0 Å². The van der Waals surface area contributed by atoms with E-state index in [0.717, 1.165) is 36.1 Å². The Labute approximate surface area is 185 Å². The van der Waals surface area contributed by atoms with Crippen molar-refractivity contribution in [2.24, 2.45) is 0 Å². The Morgan fingerprint density at radius 3 is 2.65 bits per heavy atom. The number of benzene rings is 1. The van der Waals surface area contributed by atoms with Gasteiger partial charge < -0.3 is 14.8 Å². The molecule has 2 aliphatic heterocycles. The van der Waals surface area contributed by atoms with Gasteiger partial charge in [-0.05, 0) is 50.9 Å². The molecule has 2 saturated heterocycles. The Kier molecular flexibility index (Phi) is 6.99. The van der Waals surface area contributed by atoms with E-state index in [1.807, 2.05) is 24.4 Å². The maximum atomic E-state index is 12.7. The molecule has 4 rings (SSSR count). The molecule has 3 heterocycles. The third-order valence-corrected chi connectivity index (χ3v) is 8.64. The predicted molar refractivity (Wildman–Crippen MR) is 123 cm³/mol. The fourth-order valence-electron chi connectivity index (χ4n) is 4.72. The van der Waals surface area contributed by atoms with Gasteiger partial charge in [0.15, 0.2) is 0 Å². The van der Waals surface area contributed by atoms with Gasteiger partial charge >= 0.3 is 0 Å². The number of hydrogen-bond donors (Lipinski definition) is 1. The zero-order valence-electron chi connectivity index (χ0n) is 18.4. The Morgan fingerprint density at radius 2 is 1.90 bits per heavy atom. The Bertz CT molecular complexity index is 991. The number of fused-ring (bicyclic) bond motifs is 1. The van der Waals surface area contributed by atoms with Crippen LogP contribution in [0.15, 0.2) is 30.5 Å². The summed E-state index contributed by atoms with van der Waals surface area (Å²) in [4.78, 5) is 20.1. The first-order chi connectivity index (χ1) is 15.0. The average molecular weight is 447 g/mol. The standard InChI is InChI=1S/C23H34N4O3S/c1-2-31(29,30)27(15-14-25-12-6-3-7-13-25)20-17-26(18-20)23(28)11-10-19-16-24-22-9-5-4-8-21(19)22/h4-5,8-9,16,20,24H,2-3,6-7,10-15,17-18H2,1H3. The summed E-state index contributed by atoms with van der Waals surface area (Å²) in [6.07, 6.45) is 6.78. The van der Waals surface area contributed by atoms with Crippen LogP contribution in [0.25, 0.3) is 10.9 Å². The van der Waals surface area contributed by atoms with Crippen LogP contribution in [0.1, 0.15) is 38.2 Å². The molecule has 1 amide bonds. The van der Waals surface area contributed by atoms with Gasteiger partial charge in [-0.1, -0.05) is 24.6 Å². The summed E-state index contributed by atoms with van der Waals surface area (Å²) in [6, 6.07) is 8.02. The van der Waals surface area contributed by atoms with Crippen molar-refractivity contribution in [3.05, 3.63) is 36.0 Å². The van der Waals surface area contributed by atoms with Crippen LogP contribution in [0.2, 0.25) is 0 Å². The van der Waals surface area contributed by atoms with Crippen molar-refractivity contribution in [2.45, 2.75) is 45.1 Å². The fourth-order valence-corrected chi connectivity index (χ4v) is 6.00. The second-order valence-corrected chi connectivity index (χ2v) is 10.9. The molecule has 7 nitrogen and oxygen atoms in total. The molecule has 0 aliphatic carbocycles. The summed E-state index contributed by atoms with van der Waals surface area (Å²) < 4.78 is 27.0. The number of nitrogens with one attached hydrogen (secondary N) is 1. The van der Waals surface area contributed by atoms with Crippen LogP contribution in [0.3, 0.4) is 0 Å². The molecule has 1 N–H and O–H groups in total. The van der Waals surface area contributed by atoms with Crippen molar-refractivity contribution >= 4 is 26.8 Å². The number of hydrogen-bond acceptors (Lipinski definition) is 4. The molecule has 2 aliphatic rings. The topological polar surface area (TPSA) is 76.7 Å². The minimum absolute atomic E-state index is 0.0909. The minimum atomic E-state index is -3.28. The van der Waals surface area contributed by atoms with Crippen LogP contribution in [0.5, 0.6) is 0 Å². The van der Waals surface area contributed by atoms with E-state index >= 15 is 0 Å². The Hall–Kier alpha value is -1.90. The molecular formula is C23H34N4O3S. The van der Waals surface area contributed by atoms with E-state index < -0.39 is 10.0 Å². The quantitative estimate of drug-likeness (QED) is 0.642. The summed E-state index contributed by atoms with van der Waals surface area (Å²) >= 11 is 0. The third kappa shape index (κ3) is 5.13. The lowest BCUT2D eigenvalue weighted by atomic mass is 10.0. The van der Waals surface area contributed by atoms with Crippen molar-refractivity contribution in [2.75, 3.05) is 45.0 Å². The molecule has 170 valence electrons. The number of aromatic amines is 1. The van der Waals surface area contributed by atoms with E-state index in [9.17, 15) is 13.2 Å². The van der Waals surface area contributed by atoms with E-state index in [0.29, 0.717) is 32.5 Å². The van der Waals surface area contributed by atoms with Crippen molar-refractivity contribution in [3.63, 3.8) is 0 Å². The largest absolute Gasteiger partial charge is 0.361 e. The molecule has 0 bridgehead atoms. The minimum Gasteiger partial charge on any atom is -0.361 e. The lowest BCUT2D eigenvalue weighted by molar-refractivity contribution is -0.137. The number of rotatable bonds is 9.